The van der Waals surface area contributed by atoms with Crippen LogP contribution in [0.25, 0.3) is 0 Å². The third-order valence-electron chi connectivity index (χ3n) is 3.02. The van der Waals surface area contributed by atoms with Gasteiger partial charge in [-0.3, -0.25) is 0 Å². The second-order valence-corrected chi connectivity index (χ2v) is 4.68. The van der Waals surface area contributed by atoms with Gasteiger partial charge in [-0.1, -0.05) is 18.5 Å². The number of carboxylic acid groups (broad SMARTS) is 1. The molecule has 1 unspecified atom stereocenters. The van der Waals surface area contributed by atoms with E-state index in [0.717, 1.165) is 6.42 Å². The normalized spacial score (nSPS) is 12.2. The molecular weight excluding hydrogens is 268 g/mol. The molecule has 0 amide bonds. The summed E-state index contributed by atoms with van der Waals surface area (Å²) < 4.78 is 5.08. The highest BCUT2D eigenvalue weighted by Crippen LogP contribution is 2.22. The maximum absolute atomic E-state index is 11.1. The SMILES string of the molecule is CCC(C)N(CCOC)c1cc(C(=O)O)c(Cl)cn1. The summed E-state index contributed by atoms with van der Waals surface area (Å²) in [4.78, 5) is 17.3. The highest BCUT2D eigenvalue weighted by Gasteiger charge is 2.17. The number of aromatic nitrogens is 1. The van der Waals surface area contributed by atoms with Gasteiger partial charge in [-0.15, -0.1) is 0 Å². The fourth-order valence-corrected chi connectivity index (χ4v) is 1.90. The van der Waals surface area contributed by atoms with Crippen LogP contribution in [0.4, 0.5) is 5.82 Å². The van der Waals surface area contributed by atoms with Crippen LogP contribution >= 0.6 is 11.6 Å². The molecule has 0 fully saturated rings. The van der Waals surface area contributed by atoms with E-state index in [1.165, 1.54) is 12.3 Å². The second-order valence-electron chi connectivity index (χ2n) is 4.27. The fraction of sp³-hybridized carbons (Fsp3) is 0.538. The molecule has 0 spiro atoms. The smallest absolute Gasteiger partial charge is 0.337 e. The van der Waals surface area contributed by atoms with Crippen LogP contribution in [0.1, 0.15) is 30.6 Å². The number of methoxy groups -OCH3 is 1. The van der Waals surface area contributed by atoms with E-state index in [4.69, 9.17) is 21.4 Å². The average Bonchev–Trinajstić information content (AvgIpc) is 2.40. The Bertz CT molecular complexity index is 440. The van der Waals surface area contributed by atoms with E-state index in [9.17, 15) is 4.79 Å². The Labute approximate surface area is 118 Å². The minimum Gasteiger partial charge on any atom is -0.478 e. The van der Waals surface area contributed by atoms with E-state index in [2.05, 4.69) is 18.8 Å². The molecule has 0 saturated carbocycles. The number of pyridine rings is 1. The van der Waals surface area contributed by atoms with Gasteiger partial charge in [0.1, 0.15) is 5.82 Å². The Morgan fingerprint density at radius 1 is 1.63 bits per heavy atom. The van der Waals surface area contributed by atoms with Crippen LogP contribution in [0.5, 0.6) is 0 Å². The number of carboxylic acids is 1. The van der Waals surface area contributed by atoms with Gasteiger partial charge in [0.2, 0.25) is 0 Å². The molecule has 6 heteroatoms. The summed E-state index contributed by atoms with van der Waals surface area (Å²) in [7, 11) is 1.63. The van der Waals surface area contributed by atoms with Crippen LogP contribution in [0.3, 0.4) is 0 Å². The summed E-state index contributed by atoms with van der Waals surface area (Å²) in [5, 5.41) is 9.23. The average molecular weight is 287 g/mol. The third kappa shape index (κ3) is 4.08. The molecule has 1 atom stereocenters. The summed E-state index contributed by atoms with van der Waals surface area (Å²) in [6.07, 6.45) is 2.30. The molecule has 0 aliphatic heterocycles. The van der Waals surface area contributed by atoms with E-state index >= 15 is 0 Å². The summed E-state index contributed by atoms with van der Waals surface area (Å²) in [6, 6.07) is 1.75. The van der Waals surface area contributed by atoms with Crippen LogP contribution in [0, 0.1) is 0 Å². The van der Waals surface area contributed by atoms with Crippen LogP contribution < -0.4 is 4.90 Å². The molecule has 0 aromatic carbocycles. The third-order valence-corrected chi connectivity index (χ3v) is 3.33. The van der Waals surface area contributed by atoms with Gasteiger partial charge < -0.3 is 14.7 Å². The van der Waals surface area contributed by atoms with Gasteiger partial charge in [0.15, 0.2) is 0 Å². The Morgan fingerprint density at radius 2 is 2.32 bits per heavy atom. The van der Waals surface area contributed by atoms with E-state index in [-0.39, 0.29) is 16.6 Å². The zero-order chi connectivity index (χ0) is 14.4. The van der Waals surface area contributed by atoms with Crippen molar-refractivity contribution < 1.29 is 14.6 Å². The minimum absolute atomic E-state index is 0.0670. The van der Waals surface area contributed by atoms with Crippen LogP contribution in [0.2, 0.25) is 5.02 Å². The first-order valence-electron chi connectivity index (χ1n) is 6.15. The first kappa shape index (κ1) is 15.7. The molecule has 0 radical (unpaired) electrons. The predicted molar refractivity (Wildman–Crippen MR) is 75.2 cm³/mol. The van der Waals surface area contributed by atoms with Crippen molar-refractivity contribution in [1.82, 2.24) is 4.98 Å². The molecule has 106 valence electrons. The van der Waals surface area contributed by atoms with Gasteiger partial charge in [-0.05, 0) is 19.4 Å². The van der Waals surface area contributed by atoms with E-state index in [0.29, 0.717) is 19.0 Å². The molecule has 1 rings (SSSR count). The molecule has 1 aromatic rings. The summed E-state index contributed by atoms with van der Waals surface area (Å²) in [5.41, 5.74) is 0.0670. The topological polar surface area (TPSA) is 62.7 Å². The second kappa shape index (κ2) is 7.31. The predicted octanol–water partition coefficient (Wildman–Crippen LogP) is 2.68. The van der Waals surface area contributed by atoms with Gasteiger partial charge in [0.05, 0.1) is 17.2 Å². The van der Waals surface area contributed by atoms with Crippen LogP contribution in [-0.4, -0.2) is 42.4 Å². The summed E-state index contributed by atoms with van der Waals surface area (Å²) in [5.74, 6) is -0.447. The first-order chi connectivity index (χ1) is 9.01. The lowest BCUT2D eigenvalue weighted by atomic mass is 10.2. The molecule has 0 bridgehead atoms. The van der Waals surface area contributed by atoms with Gasteiger partial charge in [0, 0.05) is 25.9 Å². The van der Waals surface area contributed by atoms with Crippen LogP contribution in [0.15, 0.2) is 12.3 Å². The van der Waals surface area contributed by atoms with Crippen molar-refractivity contribution in [3.05, 3.63) is 22.8 Å². The fourth-order valence-electron chi connectivity index (χ4n) is 1.72. The molecule has 0 aliphatic carbocycles. The van der Waals surface area contributed by atoms with Crippen molar-refractivity contribution in [1.29, 1.82) is 0 Å². The zero-order valence-electron chi connectivity index (χ0n) is 11.4. The number of halogens is 1. The lowest BCUT2D eigenvalue weighted by Crippen LogP contribution is -2.36. The maximum atomic E-state index is 11.1. The van der Waals surface area contributed by atoms with Crippen molar-refractivity contribution in [3.8, 4) is 0 Å². The van der Waals surface area contributed by atoms with Gasteiger partial charge in [-0.2, -0.15) is 0 Å². The highest BCUT2D eigenvalue weighted by molar-refractivity contribution is 6.33. The van der Waals surface area contributed by atoms with Crippen molar-refractivity contribution >= 4 is 23.4 Å². The van der Waals surface area contributed by atoms with Crippen molar-refractivity contribution in [2.75, 3.05) is 25.2 Å². The molecule has 1 N–H and O–H groups in total. The lowest BCUT2D eigenvalue weighted by molar-refractivity contribution is 0.0697. The molecular formula is C13H19ClN2O3. The summed E-state index contributed by atoms with van der Waals surface area (Å²) in [6.45, 7) is 5.33. The monoisotopic (exact) mass is 286 g/mol. The molecule has 1 heterocycles. The number of aromatic carboxylic acids is 1. The van der Waals surface area contributed by atoms with Crippen molar-refractivity contribution in [2.45, 2.75) is 26.3 Å². The van der Waals surface area contributed by atoms with Crippen molar-refractivity contribution in [3.63, 3.8) is 0 Å². The number of hydrogen-bond acceptors (Lipinski definition) is 4. The number of nitrogens with zero attached hydrogens (tertiary/aromatic N) is 2. The lowest BCUT2D eigenvalue weighted by Gasteiger charge is -2.29. The molecule has 5 nitrogen and oxygen atoms in total. The number of anilines is 1. The first-order valence-corrected chi connectivity index (χ1v) is 6.53. The Hall–Kier alpha value is -1.33. The van der Waals surface area contributed by atoms with E-state index in [1.54, 1.807) is 7.11 Å². The van der Waals surface area contributed by atoms with Crippen molar-refractivity contribution in [2.24, 2.45) is 0 Å². The van der Waals surface area contributed by atoms with E-state index < -0.39 is 5.97 Å². The Balaban J connectivity index is 3.07. The number of hydrogen-bond donors (Lipinski definition) is 1. The van der Waals surface area contributed by atoms with Gasteiger partial charge in [-0.25, -0.2) is 9.78 Å². The number of rotatable bonds is 7. The minimum atomic E-state index is -1.05. The Kier molecular flexibility index (Phi) is 6.05. The van der Waals surface area contributed by atoms with Gasteiger partial charge in [0.25, 0.3) is 0 Å². The largest absolute Gasteiger partial charge is 0.478 e. The number of ether oxygens (including phenoxy) is 1. The maximum Gasteiger partial charge on any atom is 0.337 e. The number of carbonyl (C=O) groups is 1. The summed E-state index contributed by atoms with van der Waals surface area (Å²) >= 11 is 5.83. The molecule has 1 aromatic heterocycles. The highest BCUT2D eigenvalue weighted by atomic mass is 35.5. The Morgan fingerprint density at radius 3 is 2.84 bits per heavy atom. The zero-order valence-corrected chi connectivity index (χ0v) is 12.1. The quantitative estimate of drug-likeness (QED) is 0.835. The standard InChI is InChI=1S/C13H19ClN2O3/c1-4-9(2)16(5-6-19-3)12-7-10(13(17)18)11(14)8-15-12/h7-9H,4-6H2,1-3H3,(H,17,18). The molecule has 0 saturated heterocycles. The molecule has 0 aliphatic rings. The van der Waals surface area contributed by atoms with Gasteiger partial charge >= 0.3 is 5.97 Å². The van der Waals surface area contributed by atoms with E-state index in [1.807, 2.05) is 4.90 Å². The van der Waals surface area contributed by atoms with Crippen LogP contribution in [-0.2, 0) is 4.74 Å². The molecule has 19 heavy (non-hydrogen) atoms.